The molecule has 0 spiro atoms. The fourth-order valence-corrected chi connectivity index (χ4v) is 1.89. The van der Waals surface area contributed by atoms with Crippen LogP contribution in [0.1, 0.15) is 28.8 Å². The minimum Gasteiger partial charge on any atom is -0.469 e. The van der Waals surface area contributed by atoms with E-state index in [0.717, 1.165) is 5.56 Å². The standard InChI is InChI=1S/C14H18ClNO3/c1-10-6-4-7-11(13(10)15)14(18)16(2)9-5-8-12(17)19-3/h4,6-7H,5,8-9H2,1-3H3. The lowest BCUT2D eigenvalue weighted by atomic mass is 10.1. The van der Waals surface area contributed by atoms with E-state index in [9.17, 15) is 9.59 Å². The number of nitrogens with zero attached hydrogens (tertiary/aromatic N) is 1. The third-order valence-corrected chi connectivity index (χ3v) is 3.37. The number of amides is 1. The van der Waals surface area contributed by atoms with Crippen LogP contribution in [0.5, 0.6) is 0 Å². The number of hydrogen-bond donors (Lipinski definition) is 0. The van der Waals surface area contributed by atoms with Crippen LogP contribution in [-0.2, 0) is 9.53 Å². The Bertz CT molecular complexity index is 474. The fourth-order valence-electron chi connectivity index (χ4n) is 1.68. The minimum absolute atomic E-state index is 0.140. The number of hydrogen-bond acceptors (Lipinski definition) is 3. The zero-order valence-corrected chi connectivity index (χ0v) is 12.2. The summed E-state index contributed by atoms with van der Waals surface area (Å²) in [5.74, 6) is -0.409. The Morgan fingerprint density at radius 3 is 2.68 bits per heavy atom. The van der Waals surface area contributed by atoms with Crippen LogP contribution in [0, 0.1) is 6.92 Å². The summed E-state index contributed by atoms with van der Waals surface area (Å²) in [7, 11) is 3.04. The Hall–Kier alpha value is -1.55. The molecule has 0 aromatic heterocycles. The van der Waals surface area contributed by atoms with Crippen LogP contribution in [-0.4, -0.2) is 37.5 Å². The SMILES string of the molecule is COC(=O)CCCN(C)C(=O)c1cccc(C)c1Cl. The molecular weight excluding hydrogens is 266 g/mol. The van der Waals surface area contributed by atoms with Gasteiger partial charge in [-0.25, -0.2) is 0 Å². The van der Waals surface area contributed by atoms with Crippen molar-refractivity contribution in [1.82, 2.24) is 4.90 Å². The highest BCUT2D eigenvalue weighted by Gasteiger charge is 2.16. The van der Waals surface area contributed by atoms with Gasteiger partial charge in [-0.05, 0) is 25.0 Å². The van der Waals surface area contributed by atoms with Crippen molar-refractivity contribution in [2.24, 2.45) is 0 Å². The highest BCUT2D eigenvalue weighted by atomic mass is 35.5. The van der Waals surface area contributed by atoms with Gasteiger partial charge in [-0.1, -0.05) is 23.7 Å². The molecule has 104 valence electrons. The molecule has 5 heteroatoms. The summed E-state index contributed by atoms with van der Waals surface area (Å²) >= 11 is 6.12. The van der Waals surface area contributed by atoms with Crippen molar-refractivity contribution in [1.29, 1.82) is 0 Å². The molecule has 1 aromatic carbocycles. The zero-order valence-electron chi connectivity index (χ0n) is 11.4. The molecule has 0 unspecified atom stereocenters. The largest absolute Gasteiger partial charge is 0.469 e. The number of halogens is 1. The monoisotopic (exact) mass is 283 g/mol. The second-order valence-electron chi connectivity index (χ2n) is 4.34. The van der Waals surface area contributed by atoms with Gasteiger partial charge < -0.3 is 9.64 Å². The molecule has 1 aromatic rings. The number of ether oxygens (including phenoxy) is 1. The van der Waals surface area contributed by atoms with Crippen LogP contribution in [0.15, 0.2) is 18.2 Å². The third-order valence-electron chi connectivity index (χ3n) is 2.87. The molecule has 0 aliphatic rings. The second-order valence-corrected chi connectivity index (χ2v) is 4.72. The molecule has 0 aliphatic heterocycles. The first kappa shape index (κ1) is 15.5. The van der Waals surface area contributed by atoms with Crippen molar-refractivity contribution in [3.63, 3.8) is 0 Å². The molecule has 0 atom stereocenters. The summed E-state index contributed by atoms with van der Waals surface area (Å²) in [6.45, 7) is 2.34. The van der Waals surface area contributed by atoms with Gasteiger partial charge in [0.2, 0.25) is 0 Å². The first-order chi connectivity index (χ1) is 8.97. The lowest BCUT2D eigenvalue weighted by molar-refractivity contribution is -0.140. The quantitative estimate of drug-likeness (QED) is 0.781. The van der Waals surface area contributed by atoms with Crippen molar-refractivity contribution in [2.75, 3.05) is 20.7 Å². The van der Waals surface area contributed by atoms with Crippen LogP contribution in [0.4, 0.5) is 0 Å². The van der Waals surface area contributed by atoms with E-state index in [0.29, 0.717) is 30.0 Å². The number of carbonyl (C=O) groups excluding carboxylic acids is 2. The normalized spacial score (nSPS) is 10.1. The Labute approximate surface area is 118 Å². The smallest absolute Gasteiger partial charge is 0.305 e. The Balaban J connectivity index is 2.62. The van der Waals surface area contributed by atoms with Gasteiger partial charge in [0.25, 0.3) is 5.91 Å². The fraction of sp³-hybridized carbons (Fsp3) is 0.429. The van der Waals surface area contributed by atoms with Gasteiger partial charge in [0.05, 0.1) is 17.7 Å². The molecule has 0 saturated carbocycles. The van der Waals surface area contributed by atoms with Gasteiger partial charge >= 0.3 is 5.97 Å². The van der Waals surface area contributed by atoms with Gasteiger partial charge in [0, 0.05) is 20.0 Å². The lowest BCUT2D eigenvalue weighted by Gasteiger charge is -2.18. The van der Waals surface area contributed by atoms with Crippen molar-refractivity contribution >= 4 is 23.5 Å². The maximum atomic E-state index is 12.2. The summed E-state index contributed by atoms with van der Waals surface area (Å²) in [6.07, 6.45) is 0.869. The maximum absolute atomic E-state index is 12.2. The van der Waals surface area contributed by atoms with E-state index < -0.39 is 0 Å². The number of benzene rings is 1. The molecule has 0 bridgehead atoms. The van der Waals surface area contributed by atoms with Crippen LogP contribution in [0.25, 0.3) is 0 Å². The zero-order chi connectivity index (χ0) is 14.4. The molecule has 1 rings (SSSR count). The number of esters is 1. The van der Waals surface area contributed by atoms with Gasteiger partial charge in [-0.15, -0.1) is 0 Å². The lowest BCUT2D eigenvalue weighted by Crippen LogP contribution is -2.28. The number of carbonyl (C=O) groups is 2. The highest BCUT2D eigenvalue weighted by molar-refractivity contribution is 6.34. The summed E-state index contributed by atoms with van der Waals surface area (Å²) in [5.41, 5.74) is 1.36. The van der Waals surface area contributed by atoms with Gasteiger partial charge in [0.1, 0.15) is 0 Å². The molecule has 0 fully saturated rings. The van der Waals surface area contributed by atoms with Gasteiger partial charge in [0.15, 0.2) is 0 Å². The molecule has 0 N–H and O–H groups in total. The van der Waals surface area contributed by atoms with Crippen molar-refractivity contribution in [2.45, 2.75) is 19.8 Å². The molecule has 0 heterocycles. The Morgan fingerprint density at radius 2 is 2.05 bits per heavy atom. The van der Waals surface area contributed by atoms with Crippen molar-refractivity contribution in [3.05, 3.63) is 34.3 Å². The minimum atomic E-state index is -0.269. The summed E-state index contributed by atoms with van der Waals surface area (Å²) in [4.78, 5) is 24.7. The molecule has 0 radical (unpaired) electrons. The number of aryl methyl sites for hydroxylation is 1. The van der Waals surface area contributed by atoms with E-state index in [1.807, 2.05) is 13.0 Å². The van der Waals surface area contributed by atoms with E-state index in [4.69, 9.17) is 11.6 Å². The number of rotatable bonds is 5. The second kappa shape index (κ2) is 7.14. The van der Waals surface area contributed by atoms with Gasteiger partial charge in [-0.3, -0.25) is 9.59 Å². The van der Waals surface area contributed by atoms with Crippen molar-refractivity contribution in [3.8, 4) is 0 Å². The Kier molecular flexibility index (Phi) is 5.83. The molecular formula is C14H18ClNO3. The molecule has 4 nitrogen and oxygen atoms in total. The van der Waals surface area contributed by atoms with E-state index in [1.54, 1.807) is 24.1 Å². The molecule has 0 saturated heterocycles. The predicted molar refractivity (Wildman–Crippen MR) is 74.4 cm³/mol. The van der Waals surface area contributed by atoms with Crippen molar-refractivity contribution < 1.29 is 14.3 Å². The Morgan fingerprint density at radius 1 is 1.37 bits per heavy atom. The average Bonchev–Trinajstić information content (AvgIpc) is 2.40. The number of methoxy groups -OCH3 is 1. The topological polar surface area (TPSA) is 46.6 Å². The summed E-state index contributed by atoms with van der Waals surface area (Å²) < 4.78 is 4.55. The van der Waals surface area contributed by atoms with Crippen LogP contribution in [0.3, 0.4) is 0 Å². The molecule has 1 amide bonds. The van der Waals surface area contributed by atoms with E-state index in [2.05, 4.69) is 4.74 Å². The maximum Gasteiger partial charge on any atom is 0.305 e. The van der Waals surface area contributed by atoms with E-state index in [-0.39, 0.29) is 11.9 Å². The highest BCUT2D eigenvalue weighted by Crippen LogP contribution is 2.21. The molecule has 19 heavy (non-hydrogen) atoms. The first-order valence-electron chi connectivity index (χ1n) is 6.04. The summed E-state index contributed by atoms with van der Waals surface area (Å²) in [5, 5.41) is 0.479. The van der Waals surface area contributed by atoms with Gasteiger partial charge in [-0.2, -0.15) is 0 Å². The summed E-state index contributed by atoms with van der Waals surface area (Å²) in [6, 6.07) is 5.36. The first-order valence-corrected chi connectivity index (χ1v) is 6.42. The van der Waals surface area contributed by atoms with Crippen LogP contribution in [0.2, 0.25) is 5.02 Å². The van der Waals surface area contributed by atoms with Crippen LogP contribution < -0.4 is 0 Å². The average molecular weight is 284 g/mol. The third kappa shape index (κ3) is 4.24. The van der Waals surface area contributed by atoms with Crippen LogP contribution >= 0.6 is 11.6 Å². The molecule has 0 aliphatic carbocycles. The predicted octanol–water partition coefficient (Wildman–Crippen LogP) is 2.67. The van der Waals surface area contributed by atoms with E-state index in [1.165, 1.54) is 7.11 Å². The van der Waals surface area contributed by atoms with E-state index >= 15 is 0 Å².